The highest BCUT2D eigenvalue weighted by Crippen LogP contribution is 2.16. The average Bonchev–Trinajstić information content (AvgIpc) is 3.21. The number of ether oxygens (including phenoxy) is 1. The zero-order valence-electron chi connectivity index (χ0n) is 15.5. The largest absolute Gasteiger partial charge is 0.377 e. The van der Waals surface area contributed by atoms with Crippen molar-refractivity contribution in [3.8, 4) is 0 Å². The van der Waals surface area contributed by atoms with Crippen LogP contribution in [0.2, 0.25) is 0 Å². The number of aryl methyl sites for hydroxylation is 2. The highest BCUT2D eigenvalue weighted by Gasteiger charge is 2.21. The lowest BCUT2D eigenvalue weighted by Crippen LogP contribution is -2.35. The number of carbonyl (C=O) groups is 1. The molecule has 1 N–H and O–H groups in total. The zero-order valence-corrected chi connectivity index (χ0v) is 15.5. The molecule has 1 aliphatic rings. The molecule has 1 aliphatic heterocycles. The van der Waals surface area contributed by atoms with Gasteiger partial charge < -0.3 is 19.2 Å². The summed E-state index contributed by atoms with van der Waals surface area (Å²) in [4.78, 5) is 16.8. The molecule has 1 amide bonds. The molecule has 0 fully saturated rings. The van der Waals surface area contributed by atoms with Crippen LogP contribution in [0.1, 0.15) is 30.9 Å². The van der Waals surface area contributed by atoms with Crippen molar-refractivity contribution in [3.63, 3.8) is 0 Å². The lowest BCUT2D eigenvalue weighted by molar-refractivity contribution is -0.122. The normalized spacial score (nSPS) is 16.9. The Kier molecular flexibility index (Phi) is 5.15. The number of imidazole rings is 1. The molecule has 27 heavy (non-hydrogen) atoms. The number of rotatable bonds is 6. The van der Waals surface area contributed by atoms with Crippen LogP contribution in [0.5, 0.6) is 0 Å². The molecule has 1 unspecified atom stereocenters. The molecule has 3 heterocycles. The summed E-state index contributed by atoms with van der Waals surface area (Å²) in [6, 6.07) is 8.12. The van der Waals surface area contributed by atoms with Gasteiger partial charge in [0.2, 0.25) is 5.91 Å². The number of fused-ring (bicyclic) bond motifs is 2. The van der Waals surface area contributed by atoms with Crippen LogP contribution in [-0.4, -0.2) is 43.4 Å². The van der Waals surface area contributed by atoms with Crippen molar-refractivity contribution in [2.24, 2.45) is 0 Å². The van der Waals surface area contributed by atoms with Gasteiger partial charge in [-0.2, -0.15) is 0 Å². The van der Waals surface area contributed by atoms with Crippen LogP contribution in [0.4, 0.5) is 0 Å². The first-order chi connectivity index (χ1) is 13.2. The molecule has 8 nitrogen and oxygen atoms in total. The summed E-state index contributed by atoms with van der Waals surface area (Å²) >= 11 is 0. The molecule has 0 saturated heterocycles. The minimum absolute atomic E-state index is 0.0764. The minimum Gasteiger partial charge on any atom is -0.377 e. The molecule has 2 aromatic heterocycles. The predicted octanol–water partition coefficient (Wildman–Crippen LogP) is 1.69. The highest BCUT2D eigenvalue weighted by molar-refractivity contribution is 5.77. The van der Waals surface area contributed by atoms with E-state index in [1.54, 1.807) is 13.4 Å². The van der Waals surface area contributed by atoms with E-state index in [1.807, 2.05) is 28.8 Å². The molecule has 0 bridgehead atoms. The Morgan fingerprint density at radius 1 is 1.30 bits per heavy atom. The smallest absolute Gasteiger partial charge is 0.222 e. The standard InChI is InChI=1S/C19H24N6O2/c1-27-12-18-23-22-17-7-6-14(8-11-25(17)18)21-19(26)9-10-24-13-20-15-4-2-3-5-16(15)24/h2-5,13-14H,6-12H2,1H3,(H,21,26). The number of methoxy groups -OCH3 is 1. The topological polar surface area (TPSA) is 86.9 Å². The fourth-order valence-electron chi connectivity index (χ4n) is 3.64. The molecule has 3 aromatic rings. The van der Waals surface area contributed by atoms with Crippen molar-refractivity contribution < 1.29 is 9.53 Å². The van der Waals surface area contributed by atoms with E-state index in [1.165, 1.54) is 0 Å². The first-order valence-corrected chi connectivity index (χ1v) is 9.33. The van der Waals surface area contributed by atoms with E-state index in [-0.39, 0.29) is 11.9 Å². The summed E-state index contributed by atoms with van der Waals surface area (Å²) in [6.45, 7) is 1.89. The molecule has 1 atom stereocenters. The molecule has 0 aliphatic carbocycles. The summed E-state index contributed by atoms with van der Waals surface area (Å²) in [5.74, 6) is 1.91. The summed E-state index contributed by atoms with van der Waals surface area (Å²) in [7, 11) is 1.66. The van der Waals surface area contributed by atoms with Gasteiger partial charge in [0.05, 0.1) is 17.4 Å². The quantitative estimate of drug-likeness (QED) is 0.715. The Labute approximate surface area is 157 Å². The third-order valence-electron chi connectivity index (χ3n) is 5.07. The minimum atomic E-state index is 0.0764. The summed E-state index contributed by atoms with van der Waals surface area (Å²) in [5.41, 5.74) is 2.01. The van der Waals surface area contributed by atoms with Crippen LogP contribution >= 0.6 is 0 Å². The van der Waals surface area contributed by atoms with E-state index in [4.69, 9.17) is 4.74 Å². The van der Waals surface area contributed by atoms with E-state index in [0.717, 1.165) is 48.5 Å². The number of nitrogens with zero attached hydrogens (tertiary/aromatic N) is 5. The van der Waals surface area contributed by atoms with E-state index in [2.05, 4.69) is 25.1 Å². The van der Waals surface area contributed by atoms with Crippen LogP contribution in [0.3, 0.4) is 0 Å². The number of benzene rings is 1. The maximum absolute atomic E-state index is 12.4. The summed E-state index contributed by atoms with van der Waals surface area (Å²) < 4.78 is 9.33. The molecule has 0 radical (unpaired) electrons. The van der Waals surface area contributed by atoms with Gasteiger partial charge in [-0.15, -0.1) is 10.2 Å². The van der Waals surface area contributed by atoms with Crippen molar-refractivity contribution in [1.82, 2.24) is 29.6 Å². The van der Waals surface area contributed by atoms with Crippen molar-refractivity contribution >= 4 is 16.9 Å². The molecule has 0 spiro atoms. The van der Waals surface area contributed by atoms with Crippen LogP contribution in [0, 0.1) is 0 Å². The van der Waals surface area contributed by atoms with Crippen LogP contribution in [0.15, 0.2) is 30.6 Å². The lowest BCUT2D eigenvalue weighted by atomic mass is 10.1. The van der Waals surface area contributed by atoms with Crippen LogP contribution < -0.4 is 5.32 Å². The number of aromatic nitrogens is 5. The Morgan fingerprint density at radius 3 is 3.07 bits per heavy atom. The van der Waals surface area contributed by atoms with Gasteiger partial charge in [-0.05, 0) is 25.0 Å². The lowest BCUT2D eigenvalue weighted by Gasteiger charge is -2.16. The van der Waals surface area contributed by atoms with E-state index < -0.39 is 0 Å². The molecule has 8 heteroatoms. The van der Waals surface area contributed by atoms with Gasteiger partial charge in [0.15, 0.2) is 5.82 Å². The van der Waals surface area contributed by atoms with Crippen molar-refractivity contribution in [1.29, 1.82) is 0 Å². The predicted molar refractivity (Wildman–Crippen MR) is 100.0 cm³/mol. The number of hydrogen-bond donors (Lipinski definition) is 1. The highest BCUT2D eigenvalue weighted by atomic mass is 16.5. The zero-order chi connectivity index (χ0) is 18.6. The molecular weight excluding hydrogens is 344 g/mol. The van der Waals surface area contributed by atoms with Gasteiger partial charge >= 0.3 is 0 Å². The van der Waals surface area contributed by atoms with Crippen molar-refractivity contribution in [2.75, 3.05) is 7.11 Å². The summed E-state index contributed by atoms with van der Waals surface area (Å²) in [6.07, 6.45) is 4.81. The first-order valence-electron chi connectivity index (χ1n) is 9.33. The van der Waals surface area contributed by atoms with E-state index in [9.17, 15) is 4.79 Å². The maximum atomic E-state index is 12.4. The Balaban J connectivity index is 1.31. The Morgan fingerprint density at radius 2 is 2.19 bits per heavy atom. The molecule has 0 saturated carbocycles. The van der Waals surface area contributed by atoms with E-state index >= 15 is 0 Å². The second-order valence-corrected chi connectivity index (χ2v) is 6.89. The third-order valence-corrected chi connectivity index (χ3v) is 5.07. The summed E-state index contributed by atoms with van der Waals surface area (Å²) in [5, 5.41) is 11.6. The van der Waals surface area contributed by atoms with Gasteiger partial charge in [0.25, 0.3) is 0 Å². The molecule has 142 valence electrons. The first kappa shape index (κ1) is 17.7. The van der Waals surface area contributed by atoms with Gasteiger partial charge in [0.1, 0.15) is 12.4 Å². The van der Waals surface area contributed by atoms with Gasteiger partial charge in [0, 0.05) is 39.1 Å². The second-order valence-electron chi connectivity index (χ2n) is 6.89. The second kappa shape index (κ2) is 7.87. The molecule has 4 rings (SSSR count). The van der Waals surface area contributed by atoms with Gasteiger partial charge in [-0.25, -0.2) is 4.98 Å². The van der Waals surface area contributed by atoms with Crippen LogP contribution in [-0.2, 0) is 35.6 Å². The maximum Gasteiger partial charge on any atom is 0.222 e. The van der Waals surface area contributed by atoms with E-state index in [0.29, 0.717) is 19.6 Å². The monoisotopic (exact) mass is 368 g/mol. The number of nitrogens with one attached hydrogen (secondary N) is 1. The molecular formula is C19H24N6O2. The SMILES string of the molecule is COCc1nnc2n1CCC(NC(=O)CCn1cnc3ccccc31)CC2. The van der Waals surface area contributed by atoms with Crippen molar-refractivity contribution in [2.45, 2.75) is 51.4 Å². The Bertz CT molecular complexity index is 931. The van der Waals surface area contributed by atoms with Crippen molar-refractivity contribution in [3.05, 3.63) is 42.2 Å². The van der Waals surface area contributed by atoms with Crippen LogP contribution in [0.25, 0.3) is 11.0 Å². The third kappa shape index (κ3) is 3.85. The number of para-hydroxylation sites is 2. The fourth-order valence-corrected chi connectivity index (χ4v) is 3.64. The van der Waals surface area contributed by atoms with Gasteiger partial charge in [-0.3, -0.25) is 4.79 Å². The number of hydrogen-bond acceptors (Lipinski definition) is 5. The fraction of sp³-hybridized carbons (Fsp3) is 0.474. The molecule has 1 aromatic carbocycles. The number of carbonyl (C=O) groups excluding carboxylic acids is 1. The number of amides is 1. The average molecular weight is 368 g/mol. The Hall–Kier alpha value is -2.74. The van der Waals surface area contributed by atoms with Gasteiger partial charge in [-0.1, -0.05) is 12.1 Å².